The molecule has 0 spiro atoms. The maximum absolute atomic E-state index is 10.8. The summed E-state index contributed by atoms with van der Waals surface area (Å²) in [5, 5.41) is 26.0. The van der Waals surface area contributed by atoms with Gasteiger partial charge in [-0.3, -0.25) is 10.1 Å². The zero-order valence-corrected chi connectivity index (χ0v) is 9.44. The fraction of sp³-hybridized carbons (Fsp3) is 0.100. The molecule has 0 bridgehead atoms. The van der Waals surface area contributed by atoms with Gasteiger partial charge < -0.3 is 14.9 Å². The summed E-state index contributed by atoms with van der Waals surface area (Å²) in [5.41, 5.74) is -0.456. The van der Waals surface area contributed by atoms with Gasteiger partial charge in [-0.2, -0.15) is 4.98 Å². The summed E-state index contributed by atoms with van der Waals surface area (Å²) in [6.45, 7) is 0.208. The monoisotopic (exact) mass is 264 g/mol. The van der Waals surface area contributed by atoms with Gasteiger partial charge in [0.1, 0.15) is 5.56 Å². The molecule has 0 saturated heterocycles. The Bertz CT molecular complexity index is 610. The van der Waals surface area contributed by atoms with Crippen LogP contribution in [0.15, 0.2) is 29.1 Å². The Labute approximate surface area is 106 Å². The summed E-state index contributed by atoms with van der Waals surface area (Å²) in [4.78, 5) is 24.6. The summed E-state index contributed by atoms with van der Waals surface area (Å²) >= 11 is 0. The first-order chi connectivity index (χ1) is 9.08. The smallest absolute Gasteiger partial charge is 0.342 e. The van der Waals surface area contributed by atoms with Crippen LogP contribution in [-0.4, -0.2) is 26.1 Å². The number of nitrogens with zero attached hydrogens (tertiary/aromatic N) is 3. The molecule has 0 aliphatic carbocycles. The number of nitrogens with one attached hydrogen (secondary N) is 1. The SMILES string of the molecule is O=C(O)c1ccc(NCc2ncon2)cc1[N+](=O)[O-]. The molecule has 0 saturated carbocycles. The predicted molar refractivity (Wildman–Crippen MR) is 61.7 cm³/mol. The van der Waals surface area contributed by atoms with E-state index in [0.717, 1.165) is 12.5 Å². The zero-order valence-electron chi connectivity index (χ0n) is 9.44. The molecule has 2 rings (SSSR count). The van der Waals surface area contributed by atoms with Gasteiger partial charge in [-0.25, -0.2) is 4.79 Å². The lowest BCUT2D eigenvalue weighted by Crippen LogP contribution is -2.05. The third-order valence-electron chi connectivity index (χ3n) is 2.28. The Morgan fingerprint density at radius 2 is 2.32 bits per heavy atom. The Morgan fingerprint density at radius 3 is 2.89 bits per heavy atom. The Morgan fingerprint density at radius 1 is 1.53 bits per heavy atom. The minimum absolute atomic E-state index is 0.208. The van der Waals surface area contributed by atoms with Crippen molar-refractivity contribution < 1.29 is 19.3 Å². The number of aromatic nitrogens is 2. The molecule has 19 heavy (non-hydrogen) atoms. The highest BCUT2D eigenvalue weighted by Crippen LogP contribution is 2.23. The third-order valence-corrected chi connectivity index (χ3v) is 2.28. The van der Waals surface area contributed by atoms with E-state index >= 15 is 0 Å². The number of carbonyl (C=O) groups is 1. The van der Waals surface area contributed by atoms with E-state index in [1.165, 1.54) is 12.1 Å². The number of carboxylic acid groups (broad SMARTS) is 1. The first-order valence-corrected chi connectivity index (χ1v) is 5.09. The van der Waals surface area contributed by atoms with E-state index in [9.17, 15) is 14.9 Å². The van der Waals surface area contributed by atoms with Crippen LogP contribution in [0, 0.1) is 10.1 Å². The molecule has 1 heterocycles. The summed E-state index contributed by atoms with van der Waals surface area (Å²) < 4.78 is 4.53. The number of benzene rings is 1. The van der Waals surface area contributed by atoms with Crippen LogP contribution in [0.25, 0.3) is 0 Å². The lowest BCUT2D eigenvalue weighted by Gasteiger charge is -2.04. The molecule has 0 unspecified atom stereocenters. The van der Waals surface area contributed by atoms with Crippen molar-refractivity contribution in [2.45, 2.75) is 6.54 Å². The highest BCUT2D eigenvalue weighted by molar-refractivity contribution is 5.93. The van der Waals surface area contributed by atoms with Gasteiger partial charge in [0.25, 0.3) is 5.69 Å². The van der Waals surface area contributed by atoms with E-state index < -0.39 is 16.6 Å². The van der Waals surface area contributed by atoms with Gasteiger partial charge >= 0.3 is 5.97 Å². The van der Waals surface area contributed by atoms with E-state index in [4.69, 9.17) is 5.11 Å². The molecule has 0 fully saturated rings. The number of hydrogen-bond donors (Lipinski definition) is 2. The van der Waals surface area contributed by atoms with Crippen molar-refractivity contribution in [1.29, 1.82) is 0 Å². The van der Waals surface area contributed by atoms with Gasteiger partial charge in [-0.1, -0.05) is 5.16 Å². The third kappa shape index (κ3) is 2.83. The fourth-order valence-corrected chi connectivity index (χ4v) is 1.42. The molecule has 98 valence electrons. The molecule has 2 aromatic rings. The molecule has 0 aliphatic rings. The van der Waals surface area contributed by atoms with Crippen molar-refractivity contribution >= 4 is 17.3 Å². The Balaban J connectivity index is 2.20. The number of anilines is 1. The van der Waals surface area contributed by atoms with Crippen molar-refractivity contribution in [2.75, 3.05) is 5.32 Å². The standard InChI is InChI=1S/C10H8N4O5/c15-10(16)7-2-1-6(3-8(7)14(17)18)11-4-9-12-5-19-13-9/h1-3,5,11H,4H2,(H,15,16). The van der Waals surface area contributed by atoms with Gasteiger partial charge in [-0.05, 0) is 12.1 Å². The topological polar surface area (TPSA) is 131 Å². The molecule has 9 heteroatoms. The van der Waals surface area contributed by atoms with Crippen molar-refractivity contribution in [3.8, 4) is 0 Å². The van der Waals surface area contributed by atoms with Crippen LogP contribution in [0.2, 0.25) is 0 Å². The zero-order chi connectivity index (χ0) is 13.8. The molecule has 0 radical (unpaired) electrons. The van der Waals surface area contributed by atoms with E-state index in [1.54, 1.807) is 0 Å². The van der Waals surface area contributed by atoms with E-state index in [0.29, 0.717) is 11.5 Å². The number of hydrogen-bond acceptors (Lipinski definition) is 7. The normalized spacial score (nSPS) is 10.1. The first-order valence-electron chi connectivity index (χ1n) is 5.09. The lowest BCUT2D eigenvalue weighted by atomic mass is 10.1. The second kappa shape index (κ2) is 5.12. The van der Waals surface area contributed by atoms with Gasteiger partial charge in [0.05, 0.1) is 11.5 Å². The number of nitro benzene ring substituents is 1. The lowest BCUT2D eigenvalue weighted by molar-refractivity contribution is -0.385. The summed E-state index contributed by atoms with van der Waals surface area (Å²) in [6, 6.07) is 3.74. The Hall–Kier alpha value is -2.97. The molecule has 9 nitrogen and oxygen atoms in total. The molecule has 0 aliphatic heterocycles. The van der Waals surface area contributed by atoms with Crippen LogP contribution in [-0.2, 0) is 6.54 Å². The van der Waals surface area contributed by atoms with Gasteiger partial charge in [0.2, 0.25) is 6.39 Å². The maximum atomic E-state index is 10.8. The highest BCUT2D eigenvalue weighted by atomic mass is 16.6. The van der Waals surface area contributed by atoms with Crippen LogP contribution < -0.4 is 5.32 Å². The number of rotatable bonds is 5. The molecular formula is C10H8N4O5. The fourth-order valence-electron chi connectivity index (χ4n) is 1.42. The summed E-state index contributed by atoms with van der Waals surface area (Å²) in [7, 11) is 0. The Kier molecular flexibility index (Phi) is 3.37. The first kappa shape index (κ1) is 12.5. The van der Waals surface area contributed by atoms with E-state index in [-0.39, 0.29) is 12.1 Å². The van der Waals surface area contributed by atoms with Gasteiger partial charge in [-0.15, -0.1) is 0 Å². The van der Waals surface area contributed by atoms with E-state index in [1.807, 2.05) is 0 Å². The van der Waals surface area contributed by atoms with Crippen molar-refractivity contribution in [1.82, 2.24) is 10.1 Å². The minimum Gasteiger partial charge on any atom is -0.477 e. The largest absolute Gasteiger partial charge is 0.477 e. The van der Waals surface area contributed by atoms with Crippen LogP contribution in [0.4, 0.5) is 11.4 Å². The predicted octanol–water partition coefficient (Wildman–Crippen LogP) is 1.29. The van der Waals surface area contributed by atoms with Crippen LogP contribution in [0.1, 0.15) is 16.2 Å². The van der Waals surface area contributed by atoms with Crippen molar-refractivity contribution in [3.63, 3.8) is 0 Å². The van der Waals surface area contributed by atoms with Gasteiger partial charge in [0, 0.05) is 11.8 Å². The average Bonchev–Trinajstić information content (AvgIpc) is 2.88. The summed E-state index contributed by atoms with van der Waals surface area (Å²) in [6.07, 6.45) is 1.16. The average molecular weight is 264 g/mol. The minimum atomic E-state index is -1.35. The number of aromatic carboxylic acids is 1. The van der Waals surface area contributed by atoms with Crippen LogP contribution >= 0.6 is 0 Å². The van der Waals surface area contributed by atoms with Crippen LogP contribution in [0.3, 0.4) is 0 Å². The molecule has 0 amide bonds. The molecular weight excluding hydrogens is 256 g/mol. The quantitative estimate of drug-likeness (QED) is 0.609. The second-order valence-corrected chi connectivity index (χ2v) is 3.50. The van der Waals surface area contributed by atoms with Gasteiger partial charge in [0.15, 0.2) is 5.82 Å². The molecule has 1 aromatic carbocycles. The van der Waals surface area contributed by atoms with Crippen LogP contribution in [0.5, 0.6) is 0 Å². The highest BCUT2D eigenvalue weighted by Gasteiger charge is 2.20. The van der Waals surface area contributed by atoms with E-state index in [2.05, 4.69) is 20.0 Å². The molecule has 2 N–H and O–H groups in total. The van der Waals surface area contributed by atoms with Crippen molar-refractivity contribution in [2.24, 2.45) is 0 Å². The second-order valence-electron chi connectivity index (χ2n) is 3.50. The molecule has 0 atom stereocenters. The van der Waals surface area contributed by atoms with Crippen molar-refractivity contribution in [3.05, 3.63) is 46.1 Å². The number of nitro groups is 1. The number of carboxylic acids is 1. The maximum Gasteiger partial charge on any atom is 0.342 e. The molecule has 1 aromatic heterocycles. The summed E-state index contributed by atoms with van der Waals surface area (Å²) in [5.74, 6) is -0.971.